The highest BCUT2D eigenvalue weighted by atomic mass is 16.5. The van der Waals surface area contributed by atoms with Crippen LogP contribution in [-0.4, -0.2) is 21.4 Å². The second-order valence-corrected chi connectivity index (χ2v) is 7.04. The summed E-state index contributed by atoms with van der Waals surface area (Å²) < 4.78 is 8.24. The molecule has 4 rings (SSSR count). The van der Waals surface area contributed by atoms with Gasteiger partial charge in [-0.3, -0.25) is 18.7 Å². The molecule has 0 aliphatic rings. The van der Waals surface area contributed by atoms with Gasteiger partial charge in [0.2, 0.25) is 0 Å². The molecule has 158 valence electrons. The molecule has 0 radical (unpaired) electrons. The highest BCUT2D eigenvalue weighted by molar-refractivity contribution is 5.38. The molecule has 0 bridgehead atoms. The maximum Gasteiger partial charge on any atom is 0.255 e. The molecule has 4 aromatic rings. The SMILES string of the molecule is COc1ccc(-n2cc(C)ccc2=O)cc1.Cc1ccc(=O)n(-c2ccc(O)cc2)c1. The van der Waals surface area contributed by atoms with E-state index in [2.05, 4.69) is 0 Å². The summed E-state index contributed by atoms with van der Waals surface area (Å²) >= 11 is 0. The molecule has 2 aromatic heterocycles. The smallest absolute Gasteiger partial charge is 0.255 e. The van der Waals surface area contributed by atoms with Gasteiger partial charge in [-0.05, 0) is 73.5 Å². The zero-order valence-corrected chi connectivity index (χ0v) is 17.6. The molecular weight excluding hydrogens is 392 g/mol. The summed E-state index contributed by atoms with van der Waals surface area (Å²) in [6.45, 7) is 3.88. The van der Waals surface area contributed by atoms with Crippen molar-refractivity contribution < 1.29 is 9.84 Å². The molecular formula is C25H24N2O4. The standard InChI is InChI=1S/C13H13NO2.C12H11NO2/c1-10-3-8-13(15)14(9-10)11-4-6-12(16-2)7-5-11;1-9-2-7-12(15)13(8-9)10-3-5-11(14)6-4-10/h3-9H,1-2H3;2-8,14H,1H3. The molecule has 0 fully saturated rings. The number of aromatic hydroxyl groups is 1. The quantitative estimate of drug-likeness (QED) is 0.548. The van der Waals surface area contributed by atoms with Crippen molar-refractivity contribution in [3.05, 3.63) is 117 Å². The molecule has 0 spiro atoms. The predicted molar refractivity (Wildman–Crippen MR) is 122 cm³/mol. The van der Waals surface area contributed by atoms with E-state index in [1.165, 1.54) is 6.07 Å². The first-order valence-electron chi connectivity index (χ1n) is 9.70. The molecule has 0 amide bonds. The van der Waals surface area contributed by atoms with Crippen molar-refractivity contribution in [3.63, 3.8) is 0 Å². The molecule has 0 unspecified atom stereocenters. The van der Waals surface area contributed by atoms with Crippen molar-refractivity contribution in [2.45, 2.75) is 13.8 Å². The molecule has 0 atom stereocenters. The largest absolute Gasteiger partial charge is 0.508 e. The van der Waals surface area contributed by atoms with E-state index in [9.17, 15) is 9.59 Å². The van der Waals surface area contributed by atoms with Crippen molar-refractivity contribution in [2.24, 2.45) is 0 Å². The maximum absolute atomic E-state index is 11.7. The van der Waals surface area contributed by atoms with Gasteiger partial charge >= 0.3 is 0 Å². The second-order valence-electron chi connectivity index (χ2n) is 7.04. The first kappa shape index (κ1) is 21.6. The molecule has 1 N–H and O–H groups in total. The van der Waals surface area contributed by atoms with E-state index in [1.54, 1.807) is 58.8 Å². The fourth-order valence-corrected chi connectivity index (χ4v) is 2.95. The van der Waals surface area contributed by atoms with Crippen molar-refractivity contribution in [2.75, 3.05) is 7.11 Å². The summed E-state index contributed by atoms with van der Waals surface area (Å²) in [6.07, 6.45) is 3.60. The van der Waals surface area contributed by atoms with Crippen LogP contribution in [0.1, 0.15) is 11.1 Å². The highest BCUT2D eigenvalue weighted by Gasteiger charge is 2.00. The van der Waals surface area contributed by atoms with Gasteiger partial charge in [0.25, 0.3) is 11.1 Å². The number of phenols is 1. The lowest BCUT2D eigenvalue weighted by Crippen LogP contribution is -2.16. The van der Waals surface area contributed by atoms with E-state index in [0.29, 0.717) is 0 Å². The monoisotopic (exact) mass is 416 g/mol. The summed E-state index contributed by atoms with van der Waals surface area (Å²) in [5, 5.41) is 9.14. The molecule has 2 heterocycles. The fourth-order valence-electron chi connectivity index (χ4n) is 2.95. The van der Waals surface area contributed by atoms with Gasteiger partial charge in [0.05, 0.1) is 7.11 Å². The van der Waals surface area contributed by atoms with Crippen LogP contribution in [0.2, 0.25) is 0 Å². The van der Waals surface area contributed by atoms with Crippen LogP contribution in [0.5, 0.6) is 11.5 Å². The predicted octanol–water partition coefficient (Wildman–Crippen LogP) is 4.01. The number of phenolic OH excluding ortho intramolecular Hbond substituents is 1. The van der Waals surface area contributed by atoms with Crippen LogP contribution in [0.3, 0.4) is 0 Å². The number of hydrogen-bond donors (Lipinski definition) is 1. The minimum atomic E-state index is -0.0775. The topological polar surface area (TPSA) is 73.5 Å². The molecule has 0 saturated carbocycles. The molecule has 0 aliphatic carbocycles. The maximum atomic E-state index is 11.7. The summed E-state index contributed by atoms with van der Waals surface area (Å²) in [6, 6.07) is 20.6. The normalized spacial score (nSPS) is 10.2. The van der Waals surface area contributed by atoms with Crippen LogP contribution in [0.15, 0.2) is 94.8 Å². The summed E-state index contributed by atoms with van der Waals surface area (Å²) in [7, 11) is 1.62. The van der Waals surface area contributed by atoms with E-state index in [0.717, 1.165) is 28.3 Å². The van der Waals surface area contributed by atoms with Crippen LogP contribution in [-0.2, 0) is 0 Å². The molecule has 2 aromatic carbocycles. The average Bonchev–Trinajstić information content (AvgIpc) is 2.78. The number of nitrogens with zero attached hydrogens (tertiary/aromatic N) is 2. The van der Waals surface area contributed by atoms with Gasteiger partial charge in [0, 0.05) is 35.9 Å². The lowest BCUT2D eigenvalue weighted by Gasteiger charge is -2.07. The highest BCUT2D eigenvalue weighted by Crippen LogP contribution is 2.14. The van der Waals surface area contributed by atoms with Crippen LogP contribution in [0.4, 0.5) is 0 Å². The number of rotatable bonds is 3. The van der Waals surface area contributed by atoms with Gasteiger partial charge in [-0.25, -0.2) is 0 Å². The lowest BCUT2D eigenvalue weighted by atomic mass is 10.2. The number of hydrogen-bond acceptors (Lipinski definition) is 4. The van der Waals surface area contributed by atoms with Crippen LogP contribution in [0, 0.1) is 13.8 Å². The fraction of sp³-hybridized carbons (Fsp3) is 0.120. The minimum Gasteiger partial charge on any atom is -0.508 e. The molecule has 6 heteroatoms. The third kappa shape index (κ3) is 5.51. The average molecular weight is 416 g/mol. The van der Waals surface area contributed by atoms with Crippen LogP contribution >= 0.6 is 0 Å². The summed E-state index contributed by atoms with van der Waals surface area (Å²) in [4.78, 5) is 23.2. The minimum absolute atomic E-state index is 0.0317. The first-order chi connectivity index (χ1) is 14.9. The Hall–Kier alpha value is -4.06. The Labute approximate surface area is 180 Å². The Morgan fingerprint density at radius 3 is 1.48 bits per heavy atom. The number of benzene rings is 2. The van der Waals surface area contributed by atoms with Crippen molar-refractivity contribution in [1.82, 2.24) is 9.13 Å². The number of aromatic nitrogens is 2. The Balaban J connectivity index is 0.000000176. The number of ether oxygens (including phenoxy) is 1. The molecule has 6 nitrogen and oxygen atoms in total. The van der Waals surface area contributed by atoms with Gasteiger partial charge in [-0.15, -0.1) is 0 Å². The summed E-state index contributed by atoms with van der Waals surface area (Å²) in [5.74, 6) is 0.976. The Bertz CT molecular complexity index is 1270. The summed E-state index contributed by atoms with van der Waals surface area (Å²) in [5.41, 5.74) is 3.55. The molecule has 0 saturated heterocycles. The van der Waals surface area contributed by atoms with Crippen LogP contribution < -0.4 is 15.9 Å². The van der Waals surface area contributed by atoms with E-state index >= 15 is 0 Å². The van der Waals surface area contributed by atoms with E-state index in [4.69, 9.17) is 9.84 Å². The number of aryl methyl sites for hydroxylation is 2. The zero-order chi connectivity index (χ0) is 22.4. The van der Waals surface area contributed by atoms with Crippen LogP contribution in [0.25, 0.3) is 11.4 Å². The number of pyridine rings is 2. The second kappa shape index (κ2) is 9.63. The number of methoxy groups -OCH3 is 1. The van der Waals surface area contributed by atoms with Gasteiger partial charge in [-0.2, -0.15) is 0 Å². The Kier molecular flexibility index (Phi) is 6.72. The van der Waals surface area contributed by atoms with E-state index in [1.807, 2.05) is 50.4 Å². The lowest BCUT2D eigenvalue weighted by molar-refractivity contribution is 0.414. The third-order valence-electron chi connectivity index (χ3n) is 4.60. The zero-order valence-electron chi connectivity index (χ0n) is 17.6. The van der Waals surface area contributed by atoms with E-state index < -0.39 is 0 Å². The Morgan fingerprint density at radius 2 is 1.06 bits per heavy atom. The van der Waals surface area contributed by atoms with Gasteiger partial charge in [0.1, 0.15) is 11.5 Å². The third-order valence-corrected chi connectivity index (χ3v) is 4.60. The Morgan fingerprint density at radius 1 is 0.645 bits per heavy atom. The van der Waals surface area contributed by atoms with Crippen molar-refractivity contribution in [3.8, 4) is 22.9 Å². The van der Waals surface area contributed by atoms with Gasteiger partial charge in [-0.1, -0.05) is 12.1 Å². The van der Waals surface area contributed by atoms with E-state index in [-0.39, 0.29) is 16.9 Å². The van der Waals surface area contributed by atoms with Gasteiger partial charge in [0.15, 0.2) is 0 Å². The van der Waals surface area contributed by atoms with Gasteiger partial charge < -0.3 is 9.84 Å². The molecule has 31 heavy (non-hydrogen) atoms. The van der Waals surface area contributed by atoms with Crippen molar-refractivity contribution >= 4 is 0 Å². The molecule has 0 aliphatic heterocycles. The first-order valence-corrected chi connectivity index (χ1v) is 9.70. The van der Waals surface area contributed by atoms with Crippen molar-refractivity contribution in [1.29, 1.82) is 0 Å².